The quantitative estimate of drug-likeness (QED) is 0.316. The monoisotopic (exact) mass is 536 g/mol. The van der Waals surface area contributed by atoms with Crippen molar-refractivity contribution in [3.8, 4) is 23.0 Å². The van der Waals surface area contributed by atoms with E-state index in [9.17, 15) is 4.79 Å². The highest BCUT2D eigenvalue weighted by Gasteiger charge is 2.34. The van der Waals surface area contributed by atoms with Crippen molar-refractivity contribution in [3.63, 3.8) is 0 Å². The van der Waals surface area contributed by atoms with Crippen molar-refractivity contribution in [1.29, 1.82) is 0 Å². The van der Waals surface area contributed by atoms with Crippen molar-refractivity contribution in [2.75, 3.05) is 33.8 Å². The molecule has 3 aromatic rings. The summed E-state index contributed by atoms with van der Waals surface area (Å²) >= 11 is 1.59. The molecule has 0 saturated heterocycles. The van der Waals surface area contributed by atoms with E-state index in [1.807, 2.05) is 36.4 Å². The first kappa shape index (κ1) is 27.5. The van der Waals surface area contributed by atoms with E-state index in [1.165, 1.54) is 4.88 Å². The third kappa shape index (κ3) is 5.50. The fourth-order valence-corrected chi connectivity index (χ4v) is 6.19. The van der Waals surface area contributed by atoms with Crippen molar-refractivity contribution >= 4 is 34.1 Å². The number of carbonyl (C=O) groups excluding carboxylic acids is 1. The number of ether oxygens (including phenoxy) is 4. The molecule has 1 heterocycles. The zero-order chi connectivity index (χ0) is 27.4. The molecular formula is C30H36N2O5S. The molecule has 2 aromatic carbocycles. The van der Waals surface area contributed by atoms with Gasteiger partial charge in [-0.05, 0) is 60.4 Å². The topological polar surface area (TPSA) is 78.4 Å². The molecule has 7 nitrogen and oxygen atoms in total. The second-order valence-corrected chi connectivity index (χ2v) is 11.4. The summed E-state index contributed by atoms with van der Waals surface area (Å²) in [6, 6.07) is 11.1. The van der Waals surface area contributed by atoms with Crippen LogP contribution in [0.5, 0.6) is 23.0 Å². The normalized spacial score (nSPS) is 15.2. The highest BCUT2D eigenvalue weighted by atomic mass is 32.1. The largest absolute Gasteiger partial charge is 0.495 e. The van der Waals surface area contributed by atoms with Crippen molar-refractivity contribution < 1.29 is 23.7 Å². The molecule has 1 atom stereocenters. The van der Waals surface area contributed by atoms with Gasteiger partial charge in [0.1, 0.15) is 10.8 Å². The van der Waals surface area contributed by atoms with Crippen LogP contribution in [-0.4, -0.2) is 40.6 Å². The van der Waals surface area contributed by atoms with Crippen LogP contribution in [0.4, 0.5) is 10.7 Å². The second kappa shape index (κ2) is 11.5. The number of amides is 1. The number of nitrogens with one attached hydrogen (secondary N) is 1. The summed E-state index contributed by atoms with van der Waals surface area (Å²) in [7, 11) is 6.33. The van der Waals surface area contributed by atoms with E-state index >= 15 is 0 Å². The number of nitrogens with zero attached hydrogens (tertiary/aromatic N) is 1. The molecule has 8 heteroatoms. The molecule has 0 saturated carbocycles. The van der Waals surface area contributed by atoms with Crippen LogP contribution in [0.3, 0.4) is 0 Å². The molecule has 1 amide bonds. The Kier molecular flexibility index (Phi) is 8.31. The Balaban J connectivity index is 1.77. The minimum atomic E-state index is -0.187. The molecule has 0 radical (unpaired) electrons. The van der Waals surface area contributed by atoms with E-state index < -0.39 is 0 Å². The lowest BCUT2D eigenvalue weighted by molar-refractivity contribution is 0.102. The Bertz CT molecular complexity index is 1340. The van der Waals surface area contributed by atoms with Gasteiger partial charge in [-0.1, -0.05) is 32.9 Å². The number of hydrogen-bond acceptors (Lipinski definition) is 7. The number of fused-ring (bicyclic) bond motifs is 1. The zero-order valence-electron chi connectivity index (χ0n) is 23.1. The molecular weight excluding hydrogens is 500 g/mol. The third-order valence-electron chi connectivity index (χ3n) is 7.11. The van der Waals surface area contributed by atoms with Gasteiger partial charge in [0.25, 0.3) is 5.91 Å². The number of para-hydroxylation sites is 2. The maximum absolute atomic E-state index is 13.7. The van der Waals surface area contributed by atoms with E-state index in [4.69, 9.17) is 23.9 Å². The van der Waals surface area contributed by atoms with Crippen LogP contribution in [-0.2, 0) is 12.8 Å². The number of aliphatic imine (C=N–C) groups is 1. The number of rotatable bonds is 8. The Labute approximate surface area is 228 Å². The predicted octanol–water partition coefficient (Wildman–Crippen LogP) is 6.94. The smallest absolute Gasteiger partial charge is 0.259 e. The maximum atomic E-state index is 13.7. The van der Waals surface area contributed by atoms with Crippen LogP contribution < -0.4 is 24.3 Å². The summed E-state index contributed by atoms with van der Waals surface area (Å²) in [4.78, 5) is 19.8. The number of benzene rings is 2. The van der Waals surface area contributed by atoms with E-state index in [-0.39, 0.29) is 11.3 Å². The van der Waals surface area contributed by atoms with Crippen molar-refractivity contribution in [1.82, 2.24) is 0 Å². The van der Waals surface area contributed by atoms with Crippen molar-refractivity contribution in [2.24, 2.45) is 16.3 Å². The van der Waals surface area contributed by atoms with E-state index in [0.29, 0.717) is 45.2 Å². The summed E-state index contributed by atoms with van der Waals surface area (Å²) in [6.07, 6.45) is 4.54. The average molecular weight is 537 g/mol. The molecule has 0 aliphatic heterocycles. The molecule has 0 spiro atoms. The fourth-order valence-electron chi connectivity index (χ4n) is 4.92. The molecule has 0 fully saturated rings. The summed E-state index contributed by atoms with van der Waals surface area (Å²) < 4.78 is 22.0. The summed E-state index contributed by atoms with van der Waals surface area (Å²) in [6.45, 7) is 6.86. The molecule has 38 heavy (non-hydrogen) atoms. The Morgan fingerprint density at radius 3 is 2.34 bits per heavy atom. The predicted molar refractivity (Wildman–Crippen MR) is 154 cm³/mol. The van der Waals surface area contributed by atoms with Crippen LogP contribution in [0.2, 0.25) is 0 Å². The number of methoxy groups -OCH3 is 4. The molecule has 1 unspecified atom stereocenters. The standard InChI is InChI=1S/C30H36N2O5S/c1-30(2,3)19-13-14-20-24(16-19)38-29(25(20)28(33)32-21-10-8-9-11-22(21)34-4)31-17-18-12-15-23(35-5)27(37-7)26(18)36-6/h8-12,15,17,19H,13-14,16H2,1-7H3,(H,32,33). The lowest BCUT2D eigenvalue weighted by Gasteiger charge is -2.33. The molecule has 1 aliphatic rings. The third-order valence-corrected chi connectivity index (χ3v) is 8.27. The van der Waals surface area contributed by atoms with Gasteiger partial charge in [0.05, 0.1) is 39.7 Å². The average Bonchev–Trinajstić information content (AvgIpc) is 3.28. The molecule has 0 bridgehead atoms. The number of anilines is 1. The lowest BCUT2D eigenvalue weighted by atomic mass is 9.72. The van der Waals surface area contributed by atoms with E-state index in [1.54, 1.807) is 46.0 Å². The Morgan fingerprint density at radius 1 is 0.974 bits per heavy atom. The minimum absolute atomic E-state index is 0.187. The minimum Gasteiger partial charge on any atom is -0.495 e. The zero-order valence-corrected chi connectivity index (χ0v) is 24.0. The molecule has 1 aromatic heterocycles. The van der Waals surface area contributed by atoms with Gasteiger partial charge in [-0.15, -0.1) is 11.3 Å². The van der Waals surface area contributed by atoms with Crippen molar-refractivity contribution in [2.45, 2.75) is 40.0 Å². The lowest BCUT2D eigenvalue weighted by Crippen LogP contribution is -2.27. The Morgan fingerprint density at radius 2 is 1.68 bits per heavy atom. The van der Waals surface area contributed by atoms with Gasteiger partial charge in [-0.2, -0.15) is 0 Å². The highest BCUT2D eigenvalue weighted by molar-refractivity contribution is 7.16. The van der Waals surface area contributed by atoms with E-state index in [0.717, 1.165) is 30.4 Å². The second-order valence-electron chi connectivity index (χ2n) is 10.3. The van der Waals surface area contributed by atoms with Gasteiger partial charge in [-0.3, -0.25) is 4.79 Å². The van der Waals surface area contributed by atoms with Crippen LogP contribution in [0.25, 0.3) is 0 Å². The van der Waals surface area contributed by atoms with Crippen LogP contribution >= 0.6 is 11.3 Å². The number of thiophene rings is 1. The van der Waals surface area contributed by atoms with Gasteiger partial charge < -0.3 is 24.3 Å². The fraction of sp³-hybridized carbons (Fsp3) is 0.400. The number of carbonyl (C=O) groups is 1. The highest BCUT2D eigenvalue weighted by Crippen LogP contribution is 2.46. The number of hydrogen-bond donors (Lipinski definition) is 1. The van der Waals surface area contributed by atoms with Gasteiger partial charge >= 0.3 is 0 Å². The molecule has 1 N–H and O–H groups in total. The van der Waals surface area contributed by atoms with Crippen LogP contribution in [0.1, 0.15) is 53.6 Å². The molecule has 1 aliphatic carbocycles. The van der Waals surface area contributed by atoms with E-state index in [2.05, 4.69) is 26.1 Å². The molecule has 4 rings (SSSR count). The first-order chi connectivity index (χ1) is 18.2. The first-order valence-corrected chi connectivity index (χ1v) is 13.4. The van der Waals surface area contributed by atoms with Crippen molar-refractivity contribution in [3.05, 3.63) is 58.0 Å². The molecule has 202 valence electrons. The summed E-state index contributed by atoms with van der Waals surface area (Å²) in [5.74, 6) is 2.54. The summed E-state index contributed by atoms with van der Waals surface area (Å²) in [5, 5.41) is 3.73. The van der Waals surface area contributed by atoms with Gasteiger partial charge in [0.2, 0.25) is 5.75 Å². The SMILES string of the molecule is COc1ccccc1NC(=O)c1c(N=Cc2ccc(OC)c(OC)c2OC)sc2c1CCC(C(C)(C)C)C2. The Hall–Kier alpha value is -3.52. The first-order valence-electron chi connectivity index (χ1n) is 12.6. The van der Waals surface area contributed by atoms with Crippen LogP contribution in [0, 0.1) is 11.3 Å². The van der Waals surface area contributed by atoms with Gasteiger partial charge in [0, 0.05) is 16.7 Å². The van der Waals surface area contributed by atoms with Gasteiger partial charge in [-0.25, -0.2) is 4.99 Å². The maximum Gasteiger partial charge on any atom is 0.259 e. The summed E-state index contributed by atoms with van der Waals surface area (Å²) in [5.41, 5.74) is 3.26. The van der Waals surface area contributed by atoms with Gasteiger partial charge in [0.15, 0.2) is 11.5 Å². The van der Waals surface area contributed by atoms with Crippen LogP contribution in [0.15, 0.2) is 41.4 Å².